The van der Waals surface area contributed by atoms with Gasteiger partial charge in [0.25, 0.3) is 0 Å². The molecule has 0 spiro atoms. The van der Waals surface area contributed by atoms with Crippen LogP contribution in [0, 0.1) is 0 Å². The van der Waals surface area contributed by atoms with Crippen LogP contribution in [0.15, 0.2) is 22.7 Å². The first-order valence-corrected chi connectivity index (χ1v) is 4.75. The van der Waals surface area contributed by atoms with Crippen molar-refractivity contribution in [3.63, 3.8) is 0 Å². The van der Waals surface area contributed by atoms with Gasteiger partial charge in [0, 0.05) is 15.7 Å². The maximum absolute atomic E-state index is 6.04. The van der Waals surface area contributed by atoms with E-state index in [-0.39, 0.29) is 5.54 Å². The monoisotopic (exact) mass is 226 g/mol. The van der Waals surface area contributed by atoms with Crippen LogP contribution < -0.4 is 11.5 Å². The lowest BCUT2D eigenvalue weighted by Crippen LogP contribution is -2.20. The Hall–Kier alpha value is -0.540. The molecular weight excluding hydrogens is 216 g/mol. The van der Waals surface area contributed by atoms with Crippen LogP contribution in [-0.4, -0.2) is 0 Å². The molecule has 0 atom stereocenters. The van der Waals surface area contributed by atoms with Crippen molar-refractivity contribution >= 4 is 21.6 Å². The second-order valence-corrected chi connectivity index (χ2v) is 4.30. The van der Waals surface area contributed by atoms with Crippen LogP contribution in [0.25, 0.3) is 0 Å². The van der Waals surface area contributed by atoms with Gasteiger partial charge in [0.15, 0.2) is 0 Å². The Labute approximate surface area is 80.1 Å². The van der Waals surface area contributed by atoms with Crippen LogP contribution in [0.5, 0.6) is 0 Å². The molecule has 4 N–H and O–H groups in total. The fourth-order valence-corrected chi connectivity index (χ4v) is 1.72. The van der Waals surface area contributed by atoms with Gasteiger partial charge in [-0.15, -0.1) is 0 Å². The highest BCUT2D eigenvalue weighted by Gasteiger charge is 2.41. The zero-order valence-electron chi connectivity index (χ0n) is 6.68. The Morgan fingerprint density at radius 1 is 1.33 bits per heavy atom. The van der Waals surface area contributed by atoms with Gasteiger partial charge in [-0.1, -0.05) is 15.9 Å². The molecule has 2 nitrogen and oxygen atoms in total. The summed E-state index contributed by atoms with van der Waals surface area (Å²) >= 11 is 3.41. The van der Waals surface area contributed by atoms with Gasteiger partial charge in [-0.2, -0.15) is 0 Å². The molecule has 64 valence electrons. The van der Waals surface area contributed by atoms with Gasteiger partial charge in [0.2, 0.25) is 0 Å². The number of halogens is 1. The number of anilines is 1. The van der Waals surface area contributed by atoms with Gasteiger partial charge >= 0.3 is 0 Å². The minimum absolute atomic E-state index is 0.131. The van der Waals surface area contributed by atoms with E-state index in [1.54, 1.807) is 0 Å². The van der Waals surface area contributed by atoms with E-state index in [1.807, 2.05) is 18.2 Å². The predicted molar refractivity (Wildman–Crippen MR) is 53.7 cm³/mol. The van der Waals surface area contributed by atoms with E-state index in [4.69, 9.17) is 11.5 Å². The van der Waals surface area contributed by atoms with E-state index in [2.05, 4.69) is 15.9 Å². The zero-order chi connectivity index (χ0) is 8.77. The number of hydrogen-bond donors (Lipinski definition) is 2. The summed E-state index contributed by atoms with van der Waals surface area (Å²) in [7, 11) is 0. The van der Waals surface area contributed by atoms with Gasteiger partial charge in [0.05, 0.1) is 0 Å². The van der Waals surface area contributed by atoms with Crippen molar-refractivity contribution in [1.29, 1.82) is 0 Å². The van der Waals surface area contributed by atoms with Crippen LogP contribution >= 0.6 is 15.9 Å². The largest absolute Gasteiger partial charge is 0.398 e. The Kier molecular flexibility index (Phi) is 1.66. The third-order valence-corrected chi connectivity index (χ3v) is 2.83. The van der Waals surface area contributed by atoms with Gasteiger partial charge < -0.3 is 11.5 Å². The molecule has 0 saturated heterocycles. The molecule has 1 aliphatic rings. The Bertz CT molecular complexity index is 318. The lowest BCUT2D eigenvalue weighted by atomic mass is 10.0. The Morgan fingerprint density at radius 3 is 2.58 bits per heavy atom. The highest BCUT2D eigenvalue weighted by Crippen LogP contribution is 2.45. The highest BCUT2D eigenvalue weighted by molar-refractivity contribution is 9.10. The number of nitrogens with two attached hydrogens (primary N) is 2. The molecule has 2 rings (SSSR count). The first kappa shape index (κ1) is 8.08. The molecule has 0 heterocycles. The Balaban J connectivity index is 2.48. The maximum Gasteiger partial charge on any atom is 0.0432 e. The number of rotatable bonds is 1. The molecule has 0 unspecified atom stereocenters. The van der Waals surface area contributed by atoms with Crippen molar-refractivity contribution in [2.45, 2.75) is 18.4 Å². The minimum Gasteiger partial charge on any atom is -0.398 e. The van der Waals surface area contributed by atoms with Gasteiger partial charge in [-0.05, 0) is 36.6 Å². The lowest BCUT2D eigenvalue weighted by molar-refractivity contribution is 0.742. The normalized spacial score (nSPS) is 19.2. The number of hydrogen-bond acceptors (Lipinski definition) is 2. The smallest absolute Gasteiger partial charge is 0.0432 e. The maximum atomic E-state index is 6.04. The van der Waals surface area contributed by atoms with E-state index < -0.39 is 0 Å². The number of nitrogen functional groups attached to an aromatic ring is 1. The predicted octanol–water partition coefficient (Wildman–Crippen LogP) is 1.98. The summed E-state index contributed by atoms with van der Waals surface area (Å²) in [6, 6.07) is 5.85. The first-order chi connectivity index (χ1) is 5.62. The average Bonchev–Trinajstić information content (AvgIpc) is 2.75. The quantitative estimate of drug-likeness (QED) is 0.720. The summed E-state index contributed by atoms with van der Waals surface area (Å²) in [4.78, 5) is 0. The highest BCUT2D eigenvalue weighted by atomic mass is 79.9. The molecule has 3 heteroatoms. The molecule has 0 radical (unpaired) electrons. The lowest BCUT2D eigenvalue weighted by Gasteiger charge is -2.12. The summed E-state index contributed by atoms with van der Waals surface area (Å²) in [6.07, 6.45) is 2.10. The molecule has 12 heavy (non-hydrogen) atoms. The van der Waals surface area contributed by atoms with Gasteiger partial charge in [-0.25, -0.2) is 0 Å². The third-order valence-electron chi connectivity index (χ3n) is 2.34. The SMILES string of the molecule is Nc1ccc(Br)cc1C1(N)CC1. The van der Waals surface area contributed by atoms with E-state index >= 15 is 0 Å². The molecule has 1 aromatic rings. The van der Waals surface area contributed by atoms with Gasteiger partial charge in [0.1, 0.15) is 0 Å². The standard InChI is InChI=1S/C9H11BrN2/c10-6-1-2-8(11)7(5-6)9(12)3-4-9/h1-2,5H,3-4,11-12H2. The first-order valence-electron chi connectivity index (χ1n) is 3.96. The second kappa shape index (κ2) is 2.47. The third kappa shape index (κ3) is 1.23. The molecule has 1 aromatic carbocycles. The topological polar surface area (TPSA) is 52.0 Å². The van der Waals surface area contributed by atoms with E-state index in [1.165, 1.54) is 0 Å². The fourth-order valence-electron chi connectivity index (χ4n) is 1.36. The fraction of sp³-hybridized carbons (Fsp3) is 0.333. The van der Waals surface area contributed by atoms with Crippen molar-refractivity contribution in [2.24, 2.45) is 5.73 Å². The summed E-state index contributed by atoms with van der Waals surface area (Å²) < 4.78 is 1.04. The second-order valence-electron chi connectivity index (χ2n) is 3.39. The van der Waals surface area contributed by atoms with Gasteiger partial charge in [-0.3, -0.25) is 0 Å². The van der Waals surface area contributed by atoms with Crippen molar-refractivity contribution in [2.75, 3.05) is 5.73 Å². The average molecular weight is 227 g/mol. The van der Waals surface area contributed by atoms with Crippen molar-refractivity contribution in [3.05, 3.63) is 28.2 Å². The van der Waals surface area contributed by atoms with E-state index in [0.717, 1.165) is 28.6 Å². The Morgan fingerprint density at radius 2 is 2.00 bits per heavy atom. The van der Waals surface area contributed by atoms with Crippen LogP contribution in [0.1, 0.15) is 18.4 Å². The van der Waals surface area contributed by atoms with Crippen molar-refractivity contribution < 1.29 is 0 Å². The van der Waals surface area contributed by atoms with Crippen molar-refractivity contribution in [3.8, 4) is 0 Å². The minimum atomic E-state index is -0.131. The summed E-state index contributed by atoms with van der Waals surface area (Å²) in [5.74, 6) is 0. The van der Waals surface area contributed by atoms with Crippen LogP contribution in [0.3, 0.4) is 0 Å². The van der Waals surface area contributed by atoms with E-state index in [9.17, 15) is 0 Å². The van der Waals surface area contributed by atoms with Crippen molar-refractivity contribution in [1.82, 2.24) is 0 Å². The van der Waals surface area contributed by atoms with Crippen LogP contribution in [0.4, 0.5) is 5.69 Å². The van der Waals surface area contributed by atoms with Crippen LogP contribution in [0.2, 0.25) is 0 Å². The molecular formula is C9H11BrN2. The molecule has 0 aromatic heterocycles. The zero-order valence-corrected chi connectivity index (χ0v) is 8.26. The van der Waals surface area contributed by atoms with Crippen LogP contribution in [-0.2, 0) is 5.54 Å². The molecule has 0 aliphatic heterocycles. The molecule has 1 saturated carbocycles. The summed E-state index contributed by atoms with van der Waals surface area (Å²) in [5, 5.41) is 0. The molecule has 0 amide bonds. The summed E-state index contributed by atoms with van der Waals surface area (Å²) in [5.41, 5.74) is 13.6. The molecule has 0 bridgehead atoms. The van der Waals surface area contributed by atoms with E-state index in [0.29, 0.717) is 0 Å². The number of benzene rings is 1. The molecule has 1 fully saturated rings. The summed E-state index contributed by atoms with van der Waals surface area (Å²) in [6.45, 7) is 0. The molecule has 1 aliphatic carbocycles.